The molecule has 1 fully saturated rings. The van der Waals surface area contributed by atoms with Crippen molar-refractivity contribution in [3.63, 3.8) is 0 Å². The summed E-state index contributed by atoms with van der Waals surface area (Å²) in [6.45, 7) is 1.86. The van der Waals surface area contributed by atoms with Gasteiger partial charge in [-0.15, -0.1) is 0 Å². The van der Waals surface area contributed by atoms with Gasteiger partial charge < -0.3 is 10.2 Å². The van der Waals surface area contributed by atoms with E-state index in [1.807, 2.05) is 0 Å². The van der Waals surface area contributed by atoms with Crippen molar-refractivity contribution in [3.05, 3.63) is 47.7 Å². The van der Waals surface area contributed by atoms with Gasteiger partial charge in [-0.25, -0.2) is 8.78 Å². The van der Waals surface area contributed by atoms with Gasteiger partial charge in [0.2, 0.25) is 0 Å². The molecule has 2 N–H and O–H groups in total. The lowest BCUT2D eigenvalue weighted by atomic mass is 10.1. The molecular formula is C20H18F2N6O. The number of rotatable bonds is 3. The van der Waals surface area contributed by atoms with Crippen LogP contribution in [0.1, 0.15) is 23.2 Å². The van der Waals surface area contributed by atoms with Gasteiger partial charge in [-0.05, 0) is 31.0 Å². The smallest absolute Gasteiger partial charge is 0.261 e. The molecule has 148 valence electrons. The minimum absolute atomic E-state index is 0.0978. The molecule has 0 spiro atoms. The average molecular weight is 396 g/mol. The molecule has 2 aromatic carbocycles. The maximum absolute atomic E-state index is 14.8. The molecule has 0 radical (unpaired) electrons. The number of H-pyrrole nitrogens is 1. The van der Waals surface area contributed by atoms with Crippen molar-refractivity contribution in [2.24, 2.45) is 7.05 Å². The number of hydrogen-bond acceptors (Lipinski definition) is 4. The summed E-state index contributed by atoms with van der Waals surface area (Å²) in [6, 6.07) is 6.34. The van der Waals surface area contributed by atoms with Crippen LogP contribution in [0.15, 0.2) is 30.5 Å². The number of aromatic nitrogens is 4. The first-order valence-corrected chi connectivity index (χ1v) is 9.37. The third kappa shape index (κ3) is 2.81. The lowest BCUT2D eigenvalue weighted by Crippen LogP contribution is -2.18. The molecule has 1 aliphatic heterocycles. The largest absolute Gasteiger partial charge is 0.355 e. The third-order valence-corrected chi connectivity index (χ3v) is 5.38. The summed E-state index contributed by atoms with van der Waals surface area (Å²) < 4.78 is 30.6. The number of hydrogen-bond donors (Lipinski definition) is 2. The lowest BCUT2D eigenvalue weighted by molar-refractivity contribution is 0.101. The normalized spacial score (nSPS) is 14.2. The van der Waals surface area contributed by atoms with Gasteiger partial charge >= 0.3 is 0 Å². The Bertz CT molecular complexity index is 1260. The fourth-order valence-electron chi connectivity index (χ4n) is 3.87. The zero-order valence-electron chi connectivity index (χ0n) is 15.7. The summed E-state index contributed by atoms with van der Waals surface area (Å²) in [5.41, 5.74) is 0.928. The van der Waals surface area contributed by atoms with Crippen LogP contribution in [0.5, 0.6) is 0 Å². The van der Waals surface area contributed by atoms with Crippen LogP contribution in [0.3, 0.4) is 0 Å². The third-order valence-electron chi connectivity index (χ3n) is 5.38. The van der Waals surface area contributed by atoms with Crippen molar-refractivity contribution in [1.82, 2.24) is 20.0 Å². The minimum Gasteiger partial charge on any atom is -0.355 e. The summed E-state index contributed by atoms with van der Waals surface area (Å²) in [6.07, 6.45) is 3.50. The maximum Gasteiger partial charge on any atom is 0.261 e. The van der Waals surface area contributed by atoms with Crippen molar-refractivity contribution < 1.29 is 13.6 Å². The van der Waals surface area contributed by atoms with Gasteiger partial charge in [0.1, 0.15) is 17.2 Å². The topological polar surface area (TPSA) is 78.8 Å². The second-order valence-corrected chi connectivity index (χ2v) is 7.20. The van der Waals surface area contributed by atoms with Gasteiger partial charge in [-0.1, -0.05) is 0 Å². The molecule has 9 heteroatoms. The number of fused-ring (bicyclic) bond motifs is 2. The number of halogens is 2. The Labute approximate surface area is 164 Å². The number of carbonyl (C=O) groups is 1. The highest BCUT2D eigenvalue weighted by Gasteiger charge is 2.23. The van der Waals surface area contributed by atoms with E-state index in [-0.39, 0.29) is 10.9 Å². The Balaban J connectivity index is 1.50. The predicted octanol–water partition coefficient (Wildman–Crippen LogP) is 3.58. The van der Waals surface area contributed by atoms with Crippen LogP contribution in [-0.2, 0) is 7.05 Å². The Morgan fingerprint density at radius 3 is 2.76 bits per heavy atom. The molecule has 4 aromatic rings. The Morgan fingerprint density at radius 2 is 1.97 bits per heavy atom. The highest BCUT2D eigenvalue weighted by molar-refractivity contribution is 6.08. The summed E-state index contributed by atoms with van der Waals surface area (Å²) >= 11 is 0. The number of amides is 1. The zero-order valence-corrected chi connectivity index (χ0v) is 15.7. The van der Waals surface area contributed by atoms with E-state index in [0.29, 0.717) is 5.69 Å². The number of aryl methyl sites for hydroxylation is 1. The first-order chi connectivity index (χ1) is 14.0. The fraction of sp³-hybridized carbons (Fsp3) is 0.250. The number of aromatic amines is 1. The molecular weight excluding hydrogens is 378 g/mol. The Morgan fingerprint density at radius 1 is 1.17 bits per heavy atom. The van der Waals surface area contributed by atoms with Gasteiger partial charge in [-0.3, -0.25) is 14.6 Å². The molecule has 1 amide bonds. The van der Waals surface area contributed by atoms with Crippen molar-refractivity contribution in [2.45, 2.75) is 12.8 Å². The fourth-order valence-corrected chi connectivity index (χ4v) is 3.87. The van der Waals surface area contributed by atoms with Crippen LogP contribution >= 0.6 is 0 Å². The van der Waals surface area contributed by atoms with E-state index < -0.39 is 23.1 Å². The standard InChI is InChI=1S/C20H18F2N6O/c1-27-16-9-14(21)17(18(22)13(16)10-23-27)20(29)24-11-4-5-15-12(8-11)19(26-25-15)28-6-2-3-7-28/h4-5,8-10H,2-3,6-7H2,1H3,(H,24,29)(H,25,26). The van der Waals surface area contributed by atoms with Gasteiger partial charge in [0, 0.05) is 37.3 Å². The van der Waals surface area contributed by atoms with Gasteiger partial charge in [-0.2, -0.15) is 10.2 Å². The molecule has 0 saturated carbocycles. The summed E-state index contributed by atoms with van der Waals surface area (Å²) in [5.74, 6) is -1.88. The Kier molecular flexibility index (Phi) is 3.97. The van der Waals surface area contributed by atoms with E-state index in [2.05, 4.69) is 25.5 Å². The summed E-state index contributed by atoms with van der Waals surface area (Å²) in [7, 11) is 1.58. The summed E-state index contributed by atoms with van der Waals surface area (Å²) in [4.78, 5) is 14.9. The molecule has 5 rings (SSSR count). The molecule has 1 saturated heterocycles. The van der Waals surface area contributed by atoms with Crippen molar-refractivity contribution in [3.8, 4) is 0 Å². The van der Waals surface area contributed by atoms with Crippen LogP contribution in [-0.4, -0.2) is 39.0 Å². The SMILES string of the molecule is Cn1ncc2c(F)c(C(=O)Nc3ccc4[nH]nc(N5CCCC5)c4c3)c(F)cc21. The molecule has 0 bridgehead atoms. The van der Waals surface area contributed by atoms with Crippen molar-refractivity contribution in [1.29, 1.82) is 0 Å². The molecule has 7 nitrogen and oxygen atoms in total. The van der Waals surface area contributed by atoms with Crippen molar-refractivity contribution >= 4 is 39.2 Å². The first kappa shape index (κ1) is 17.6. The van der Waals surface area contributed by atoms with E-state index in [1.54, 1.807) is 25.2 Å². The molecule has 2 aromatic heterocycles. The van der Waals surface area contributed by atoms with E-state index >= 15 is 0 Å². The van der Waals surface area contributed by atoms with Gasteiger partial charge in [0.25, 0.3) is 5.91 Å². The first-order valence-electron chi connectivity index (χ1n) is 9.37. The highest BCUT2D eigenvalue weighted by Crippen LogP contribution is 2.30. The number of nitrogens with one attached hydrogen (secondary N) is 2. The van der Waals surface area contributed by atoms with Crippen molar-refractivity contribution in [2.75, 3.05) is 23.3 Å². The van der Waals surface area contributed by atoms with E-state index in [9.17, 15) is 13.6 Å². The molecule has 0 aliphatic carbocycles. The lowest BCUT2D eigenvalue weighted by Gasteiger charge is -2.14. The van der Waals surface area contributed by atoms with Crippen LogP contribution in [0.25, 0.3) is 21.8 Å². The summed E-state index contributed by atoms with van der Waals surface area (Å²) in [5, 5.41) is 14.8. The second-order valence-electron chi connectivity index (χ2n) is 7.20. The molecule has 0 unspecified atom stereocenters. The minimum atomic E-state index is -0.932. The quantitative estimate of drug-likeness (QED) is 0.555. The maximum atomic E-state index is 14.8. The predicted molar refractivity (Wildman–Crippen MR) is 106 cm³/mol. The number of anilines is 2. The second kappa shape index (κ2) is 6.54. The number of benzene rings is 2. The average Bonchev–Trinajstić information content (AvgIpc) is 3.42. The van der Waals surface area contributed by atoms with E-state index in [4.69, 9.17) is 0 Å². The van der Waals surface area contributed by atoms with Crippen LogP contribution in [0, 0.1) is 11.6 Å². The zero-order chi connectivity index (χ0) is 20.1. The van der Waals surface area contributed by atoms with Gasteiger partial charge in [0.15, 0.2) is 5.82 Å². The van der Waals surface area contributed by atoms with Gasteiger partial charge in [0.05, 0.1) is 22.6 Å². The number of nitrogens with zero attached hydrogens (tertiary/aromatic N) is 4. The van der Waals surface area contributed by atoms with Crippen LogP contribution in [0.2, 0.25) is 0 Å². The molecule has 29 heavy (non-hydrogen) atoms. The van der Waals surface area contributed by atoms with E-state index in [0.717, 1.165) is 48.7 Å². The molecule has 1 aliphatic rings. The number of carbonyl (C=O) groups excluding carboxylic acids is 1. The monoisotopic (exact) mass is 396 g/mol. The van der Waals surface area contributed by atoms with Crippen LogP contribution in [0.4, 0.5) is 20.3 Å². The van der Waals surface area contributed by atoms with Crippen LogP contribution < -0.4 is 10.2 Å². The molecule has 3 heterocycles. The molecule has 0 atom stereocenters. The van der Waals surface area contributed by atoms with E-state index in [1.165, 1.54) is 10.9 Å². The highest BCUT2D eigenvalue weighted by atomic mass is 19.1. The Hall–Kier alpha value is -3.49.